The van der Waals surface area contributed by atoms with E-state index in [0.29, 0.717) is 50.0 Å². The van der Waals surface area contributed by atoms with E-state index >= 15 is 0 Å². The van der Waals surface area contributed by atoms with Crippen LogP contribution in [0.4, 0.5) is 16.2 Å². The number of carbonyl (C=O) groups excluding carboxylic acids is 3. The summed E-state index contributed by atoms with van der Waals surface area (Å²) in [7, 11) is 0. The summed E-state index contributed by atoms with van der Waals surface area (Å²) in [5.41, 5.74) is 1.21. The van der Waals surface area contributed by atoms with Gasteiger partial charge in [0, 0.05) is 24.5 Å². The van der Waals surface area contributed by atoms with Crippen molar-refractivity contribution in [3.63, 3.8) is 0 Å². The molecule has 1 aliphatic rings. The number of morpholine rings is 1. The lowest BCUT2D eigenvalue weighted by Crippen LogP contribution is -2.41. The summed E-state index contributed by atoms with van der Waals surface area (Å²) in [6.45, 7) is 2.62. The molecule has 1 fully saturated rings. The van der Waals surface area contributed by atoms with Crippen molar-refractivity contribution in [2.45, 2.75) is 6.54 Å². The summed E-state index contributed by atoms with van der Waals surface area (Å²) in [5, 5.41) is 8.16. The Kier molecular flexibility index (Phi) is 8.16. The molecule has 2 heterocycles. The van der Waals surface area contributed by atoms with Gasteiger partial charge in [-0.25, -0.2) is 4.79 Å². The Morgan fingerprint density at radius 1 is 0.967 bits per heavy atom. The van der Waals surface area contributed by atoms with Crippen molar-refractivity contribution in [1.29, 1.82) is 0 Å². The highest BCUT2D eigenvalue weighted by Crippen LogP contribution is 2.14. The number of amides is 4. The number of rotatable bonds is 8. The van der Waals surface area contributed by atoms with E-state index in [4.69, 9.17) is 9.15 Å². The van der Waals surface area contributed by atoms with Crippen molar-refractivity contribution in [2.75, 3.05) is 48.4 Å². The number of anilines is 2. The molecule has 1 aromatic heterocycles. The monoisotopic (exact) mass is 432 g/mol. The van der Waals surface area contributed by atoms with Crippen molar-refractivity contribution >= 4 is 41.0 Å². The van der Waals surface area contributed by atoms with Gasteiger partial charge >= 0.3 is 6.03 Å². The number of ether oxygens (including phenoxy) is 1. The lowest BCUT2D eigenvalue weighted by molar-refractivity contribution is -0.132. The molecule has 0 aliphatic carbocycles. The maximum absolute atomic E-state index is 12.1. The second-order valence-electron chi connectivity index (χ2n) is 6.50. The number of carbonyl (C=O) groups is 3. The predicted octanol–water partition coefficient (Wildman–Crippen LogP) is 2.13. The van der Waals surface area contributed by atoms with Crippen LogP contribution in [-0.4, -0.2) is 60.6 Å². The third-order valence-corrected chi connectivity index (χ3v) is 5.17. The van der Waals surface area contributed by atoms with Gasteiger partial charge in [0.15, 0.2) is 0 Å². The summed E-state index contributed by atoms with van der Waals surface area (Å²) in [4.78, 5) is 37.8. The van der Waals surface area contributed by atoms with Crippen LogP contribution in [0.3, 0.4) is 0 Å². The molecule has 0 spiro atoms. The van der Waals surface area contributed by atoms with Crippen molar-refractivity contribution in [3.05, 3.63) is 48.4 Å². The number of nitrogens with zero attached hydrogens (tertiary/aromatic N) is 1. The first-order valence-corrected chi connectivity index (χ1v) is 10.7. The fourth-order valence-electron chi connectivity index (χ4n) is 2.72. The van der Waals surface area contributed by atoms with E-state index in [9.17, 15) is 14.4 Å². The van der Waals surface area contributed by atoms with E-state index in [1.807, 2.05) is 0 Å². The van der Waals surface area contributed by atoms with E-state index in [1.54, 1.807) is 47.6 Å². The van der Waals surface area contributed by atoms with Gasteiger partial charge < -0.3 is 30.0 Å². The van der Waals surface area contributed by atoms with E-state index < -0.39 is 0 Å². The van der Waals surface area contributed by atoms with Crippen LogP contribution in [0, 0.1) is 0 Å². The molecular formula is C20H24N4O5S. The Bertz CT molecular complexity index is 835. The maximum atomic E-state index is 12.1. The van der Waals surface area contributed by atoms with E-state index in [1.165, 1.54) is 11.8 Å². The predicted molar refractivity (Wildman–Crippen MR) is 114 cm³/mol. The van der Waals surface area contributed by atoms with Crippen molar-refractivity contribution in [1.82, 2.24) is 10.2 Å². The van der Waals surface area contributed by atoms with Gasteiger partial charge in [0.05, 0.1) is 37.5 Å². The molecule has 30 heavy (non-hydrogen) atoms. The molecule has 160 valence electrons. The fraction of sp³-hybridized carbons (Fsp3) is 0.350. The summed E-state index contributed by atoms with van der Waals surface area (Å²) in [5.74, 6) is 0.950. The second-order valence-corrected chi connectivity index (χ2v) is 7.48. The van der Waals surface area contributed by atoms with Gasteiger partial charge in [0.25, 0.3) is 0 Å². The number of urea groups is 1. The third-order valence-electron chi connectivity index (χ3n) is 4.25. The minimum atomic E-state index is -0.357. The first kappa shape index (κ1) is 21.7. The fourth-order valence-corrected chi connectivity index (χ4v) is 3.44. The van der Waals surface area contributed by atoms with Gasteiger partial charge in [-0.15, -0.1) is 11.8 Å². The van der Waals surface area contributed by atoms with Crippen LogP contribution < -0.4 is 16.0 Å². The zero-order valence-electron chi connectivity index (χ0n) is 16.4. The second kappa shape index (κ2) is 11.3. The molecule has 0 atom stereocenters. The lowest BCUT2D eigenvalue weighted by Gasteiger charge is -2.26. The Balaban J connectivity index is 1.34. The van der Waals surface area contributed by atoms with Gasteiger partial charge in [-0.05, 0) is 36.4 Å². The zero-order chi connectivity index (χ0) is 21.2. The SMILES string of the molecule is O=C(CSCC(=O)N1CCOCC1)Nc1ccc(NC(=O)NCc2ccco2)cc1. The lowest BCUT2D eigenvalue weighted by atomic mass is 10.3. The molecule has 1 saturated heterocycles. The minimum Gasteiger partial charge on any atom is -0.467 e. The molecule has 10 heteroatoms. The van der Waals surface area contributed by atoms with Gasteiger partial charge in [-0.1, -0.05) is 0 Å². The summed E-state index contributed by atoms with van der Waals surface area (Å²) in [6, 6.07) is 9.95. The maximum Gasteiger partial charge on any atom is 0.319 e. The normalized spacial score (nSPS) is 13.5. The first-order valence-electron chi connectivity index (χ1n) is 9.50. The van der Waals surface area contributed by atoms with Gasteiger partial charge in [0.2, 0.25) is 11.8 Å². The van der Waals surface area contributed by atoms with Crippen LogP contribution >= 0.6 is 11.8 Å². The number of furan rings is 1. The molecule has 4 amide bonds. The highest BCUT2D eigenvalue weighted by Gasteiger charge is 2.17. The average Bonchev–Trinajstić information content (AvgIpc) is 3.28. The first-order chi connectivity index (χ1) is 14.6. The third kappa shape index (κ3) is 7.12. The van der Waals surface area contributed by atoms with Crippen molar-refractivity contribution < 1.29 is 23.5 Å². The van der Waals surface area contributed by atoms with Crippen LogP contribution in [0.15, 0.2) is 47.1 Å². The average molecular weight is 433 g/mol. The largest absolute Gasteiger partial charge is 0.467 e. The number of benzene rings is 1. The van der Waals surface area contributed by atoms with Crippen molar-refractivity contribution in [3.8, 4) is 0 Å². The Morgan fingerprint density at radius 2 is 1.67 bits per heavy atom. The van der Waals surface area contributed by atoms with Crippen LogP contribution in [0.1, 0.15) is 5.76 Å². The standard InChI is InChI=1S/C20H24N4O5S/c25-18(13-30-14-19(26)24-7-10-28-11-8-24)22-15-3-5-16(6-4-15)23-20(27)21-12-17-2-1-9-29-17/h1-6,9H,7-8,10-14H2,(H,22,25)(H2,21,23,27). The molecule has 3 rings (SSSR count). The molecule has 0 radical (unpaired) electrons. The summed E-state index contributed by atoms with van der Waals surface area (Å²) in [6.07, 6.45) is 1.54. The molecule has 1 aromatic carbocycles. The van der Waals surface area contributed by atoms with E-state index in [0.717, 1.165) is 0 Å². The Morgan fingerprint density at radius 3 is 2.33 bits per heavy atom. The number of hydrogen-bond donors (Lipinski definition) is 3. The Labute approximate surface area is 178 Å². The van der Waals surface area contributed by atoms with E-state index in [2.05, 4.69) is 16.0 Å². The van der Waals surface area contributed by atoms with Crippen LogP contribution in [0.5, 0.6) is 0 Å². The van der Waals surface area contributed by atoms with Crippen molar-refractivity contribution in [2.24, 2.45) is 0 Å². The van der Waals surface area contributed by atoms with Gasteiger partial charge in [0.1, 0.15) is 5.76 Å². The molecular weight excluding hydrogens is 408 g/mol. The number of thioether (sulfide) groups is 1. The summed E-state index contributed by atoms with van der Waals surface area (Å²) < 4.78 is 10.4. The topological polar surface area (TPSA) is 113 Å². The quantitative estimate of drug-likeness (QED) is 0.589. The van der Waals surface area contributed by atoms with Gasteiger partial charge in [-0.3, -0.25) is 9.59 Å². The van der Waals surface area contributed by atoms with E-state index in [-0.39, 0.29) is 29.4 Å². The van der Waals surface area contributed by atoms with Crippen LogP contribution in [-0.2, 0) is 20.9 Å². The molecule has 9 nitrogen and oxygen atoms in total. The van der Waals surface area contributed by atoms with Crippen LogP contribution in [0.25, 0.3) is 0 Å². The zero-order valence-corrected chi connectivity index (χ0v) is 17.2. The molecule has 0 saturated carbocycles. The summed E-state index contributed by atoms with van der Waals surface area (Å²) >= 11 is 1.28. The number of hydrogen-bond acceptors (Lipinski definition) is 6. The molecule has 2 aromatic rings. The molecule has 0 bridgehead atoms. The van der Waals surface area contributed by atoms with Gasteiger partial charge in [-0.2, -0.15) is 0 Å². The number of nitrogens with one attached hydrogen (secondary N) is 3. The van der Waals surface area contributed by atoms with Crippen LogP contribution in [0.2, 0.25) is 0 Å². The molecule has 1 aliphatic heterocycles. The molecule has 3 N–H and O–H groups in total. The highest BCUT2D eigenvalue weighted by molar-refractivity contribution is 8.00. The molecule has 0 unspecified atom stereocenters. The highest BCUT2D eigenvalue weighted by atomic mass is 32.2. The Hall–Kier alpha value is -2.98. The smallest absolute Gasteiger partial charge is 0.319 e. The minimum absolute atomic E-state index is 0.0249.